The van der Waals surface area contributed by atoms with Crippen LogP contribution in [0.25, 0.3) is 6.08 Å². The first-order chi connectivity index (χ1) is 12.0. The van der Waals surface area contributed by atoms with Crippen molar-refractivity contribution < 1.29 is 19.1 Å². The molecule has 25 heavy (non-hydrogen) atoms. The molecule has 3 rings (SSSR count). The Bertz CT molecular complexity index is 841. The molecule has 0 spiro atoms. The lowest BCUT2D eigenvalue weighted by Gasteiger charge is -2.18. The van der Waals surface area contributed by atoms with E-state index in [2.05, 4.69) is 10.6 Å². The highest BCUT2D eigenvalue weighted by molar-refractivity contribution is 6.07. The normalized spacial score (nSPS) is 12.3. The maximum atomic E-state index is 12.4. The average molecular weight is 338 g/mol. The summed E-state index contributed by atoms with van der Waals surface area (Å²) in [6.45, 7) is 1.63. The lowest BCUT2D eigenvalue weighted by Crippen LogP contribution is -2.21. The summed E-state index contributed by atoms with van der Waals surface area (Å²) in [4.78, 5) is 23.4. The van der Waals surface area contributed by atoms with Crippen molar-refractivity contribution in [2.75, 3.05) is 24.4 Å². The van der Waals surface area contributed by atoms with Gasteiger partial charge in [-0.05, 0) is 42.5 Å². The molecule has 0 unspecified atom stereocenters. The number of carbonyl (C=O) groups excluding carboxylic acids is 2. The molecule has 0 saturated heterocycles. The second-order valence-corrected chi connectivity index (χ2v) is 5.57. The molecule has 128 valence electrons. The summed E-state index contributed by atoms with van der Waals surface area (Å²) in [5.74, 6) is 1.03. The van der Waals surface area contributed by atoms with Crippen LogP contribution in [-0.2, 0) is 9.59 Å². The van der Waals surface area contributed by atoms with E-state index in [0.29, 0.717) is 28.4 Å². The van der Waals surface area contributed by atoms with Gasteiger partial charge in [0.15, 0.2) is 0 Å². The summed E-state index contributed by atoms with van der Waals surface area (Å²) in [6.07, 6.45) is 1.80. The van der Waals surface area contributed by atoms with Crippen LogP contribution in [-0.4, -0.2) is 25.5 Å². The van der Waals surface area contributed by atoms with E-state index < -0.39 is 0 Å². The first kappa shape index (κ1) is 16.6. The van der Waals surface area contributed by atoms with E-state index in [1.54, 1.807) is 43.5 Å². The Morgan fingerprint density at radius 3 is 2.36 bits per heavy atom. The summed E-state index contributed by atoms with van der Waals surface area (Å²) in [6, 6.07) is 12.4. The fourth-order valence-electron chi connectivity index (χ4n) is 2.45. The van der Waals surface area contributed by atoms with Gasteiger partial charge >= 0.3 is 0 Å². The summed E-state index contributed by atoms with van der Waals surface area (Å²) >= 11 is 0. The molecule has 2 aromatic rings. The fraction of sp³-hybridized carbons (Fsp3) is 0.158. The number of nitrogens with one attached hydrogen (secondary N) is 2. The van der Waals surface area contributed by atoms with Gasteiger partial charge in [0, 0.05) is 29.9 Å². The van der Waals surface area contributed by atoms with Crippen LogP contribution in [0.2, 0.25) is 0 Å². The molecule has 0 radical (unpaired) electrons. The van der Waals surface area contributed by atoms with Gasteiger partial charge in [-0.2, -0.15) is 0 Å². The van der Waals surface area contributed by atoms with E-state index >= 15 is 0 Å². The monoisotopic (exact) mass is 338 g/mol. The molecular formula is C19H18N2O4. The average Bonchev–Trinajstić information content (AvgIpc) is 2.62. The van der Waals surface area contributed by atoms with Gasteiger partial charge in [-0.15, -0.1) is 0 Å². The van der Waals surface area contributed by atoms with Gasteiger partial charge < -0.3 is 20.1 Å². The van der Waals surface area contributed by atoms with Crippen molar-refractivity contribution in [1.29, 1.82) is 0 Å². The van der Waals surface area contributed by atoms with Crippen LogP contribution in [0, 0.1) is 0 Å². The van der Waals surface area contributed by atoms with Crippen LogP contribution in [0.15, 0.2) is 48.0 Å². The molecule has 0 fully saturated rings. The lowest BCUT2D eigenvalue weighted by atomic mass is 10.1. The minimum atomic E-state index is -0.228. The molecule has 0 bridgehead atoms. The molecule has 0 atom stereocenters. The van der Waals surface area contributed by atoms with Crippen molar-refractivity contribution in [3.63, 3.8) is 0 Å². The van der Waals surface area contributed by atoms with E-state index in [9.17, 15) is 9.59 Å². The third kappa shape index (κ3) is 3.98. The lowest BCUT2D eigenvalue weighted by molar-refractivity contribution is -0.114. The third-order valence-electron chi connectivity index (χ3n) is 3.69. The number of rotatable bonds is 4. The van der Waals surface area contributed by atoms with Gasteiger partial charge in [0.25, 0.3) is 5.91 Å². The molecule has 6 heteroatoms. The Hall–Kier alpha value is -3.28. The minimum Gasteiger partial charge on any atom is -0.497 e. The fourth-order valence-corrected chi connectivity index (χ4v) is 2.45. The first-order valence-electron chi connectivity index (χ1n) is 7.75. The predicted molar refractivity (Wildman–Crippen MR) is 95.8 cm³/mol. The number of anilines is 2. The van der Waals surface area contributed by atoms with Crippen LogP contribution in [0.5, 0.6) is 11.5 Å². The van der Waals surface area contributed by atoms with E-state index in [-0.39, 0.29) is 18.4 Å². The summed E-state index contributed by atoms with van der Waals surface area (Å²) in [7, 11) is 1.59. The summed E-state index contributed by atoms with van der Waals surface area (Å²) in [5, 5.41) is 5.50. The van der Waals surface area contributed by atoms with Crippen molar-refractivity contribution in [3.8, 4) is 11.5 Å². The number of fused-ring (bicyclic) bond motifs is 1. The molecular weight excluding hydrogens is 320 g/mol. The van der Waals surface area contributed by atoms with E-state index in [0.717, 1.165) is 5.56 Å². The highest BCUT2D eigenvalue weighted by Gasteiger charge is 2.18. The zero-order chi connectivity index (χ0) is 17.8. The highest BCUT2D eigenvalue weighted by Crippen LogP contribution is 2.30. The molecule has 1 heterocycles. The van der Waals surface area contributed by atoms with Crippen molar-refractivity contribution >= 4 is 29.3 Å². The Kier molecular flexibility index (Phi) is 4.70. The van der Waals surface area contributed by atoms with Crippen molar-refractivity contribution in [2.45, 2.75) is 6.92 Å². The molecule has 2 amide bonds. The Labute approximate surface area is 145 Å². The van der Waals surface area contributed by atoms with Gasteiger partial charge in [-0.25, -0.2) is 0 Å². The second kappa shape index (κ2) is 7.09. The first-order valence-corrected chi connectivity index (χ1v) is 7.75. The smallest absolute Gasteiger partial charge is 0.255 e. The molecule has 6 nitrogen and oxygen atoms in total. The van der Waals surface area contributed by atoms with Crippen molar-refractivity contribution in [1.82, 2.24) is 0 Å². The van der Waals surface area contributed by atoms with Gasteiger partial charge in [0.2, 0.25) is 5.91 Å². The topological polar surface area (TPSA) is 76.7 Å². The molecule has 0 aliphatic carbocycles. The molecule has 2 N–H and O–H groups in total. The highest BCUT2D eigenvalue weighted by atomic mass is 16.5. The number of carbonyl (C=O) groups is 2. The van der Waals surface area contributed by atoms with Gasteiger partial charge in [-0.1, -0.05) is 0 Å². The van der Waals surface area contributed by atoms with Gasteiger partial charge in [-0.3, -0.25) is 9.59 Å². The van der Waals surface area contributed by atoms with Crippen molar-refractivity contribution in [3.05, 3.63) is 53.6 Å². The van der Waals surface area contributed by atoms with Gasteiger partial charge in [0.05, 0.1) is 12.7 Å². The largest absolute Gasteiger partial charge is 0.497 e. The van der Waals surface area contributed by atoms with Crippen LogP contribution >= 0.6 is 0 Å². The maximum absolute atomic E-state index is 12.4. The summed E-state index contributed by atoms with van der Waals surface area (Å²) < 4.78 is 10.8. The quantitative estimate of drug-likeness (QED) is 0.898. The number of hydrogen-bond acceptors (Lipinski definition) is 4. The SMILES string of the molecule is COc1ccc2c(c1)OCC(C(=O)Nc1ccc(NC(C)=O)cc1)=C2. The van der Waals surface area contributed by atoms with Gasteiger partial charge in [0.1, 0.15) is 18.1 Å². The number of benzene rings is 2. The number of ether oxygens (including phenoxy) is 2. The number of amides is 2. The number of hydrogen-bond donors (Lipinski definition) is 2. The molecule has 1 aliphatic heterocycles. The number of methoxy groups -OCH3 is 1. The Morgan fingerprint density at radius 1 is 1.04 bits per heavy atom. The molecule has 0 saturated carbocycles. The zero-order valence-corrected chi connectivity index (χ0v) is 14.0. The second-order valence-electron chi connectivity index (χ2n) is 5.57. The maximum Gasteiger partial charge on any atom is 0.255 e. The minimum absolute atomic E-state index is 0.142. The third-order valence-corrected chi connectivity index (χ3v) is 3.69. The van der Waals surface area contributed by atoms with E-state index in [1.165, 1.54) is 6.92 Å². The van der Waals surface area contributed by atoms with Crippen LogP contribution in [0.3, 0.4) is 0 Å². The standard InChI is InChI=1S/C19H18N2O4/c1-12(22)20-15-4-6-16(7-5-15)21-19(23)14-9-13-3-8-17(24-2)10-18(13)25-11-14/h3-10H,11H2,1-2H3,(H,20,22)(H,21,23). The molecule has 1 aliphatic rings. The summed E-state index contributed by atoms with van der Waals surface area (Å²) in [5.41, 5.74) is 2.68. The molecule has 0 aromatic heterocycles. The van der Waals surface area contributed by atoms with E-state index in [4.69, 9.17) is 9.47 Å². The predicted octanol–water partition coefficient (Wildman–Crippen LogP) is 3.07. The Morgan fingerprint density at radius 2 is 1.72 bits per heavy atom. The Balaban J connectivity index is 1.70. The van der Waals surface area contributed by atoms with E-state index in [1.807, 2.05) is 12.1 Å². The van der Waals surface area contributed by atoms with Crippen molar-refractivity contribution in [2.24, 2.45) is 0 Å². The van der Waals surface area contributed by atoms with Crippen LogP contribution in [0.1, 0.15) is 12.5 Å². The molecule has 2 aromatic carbocycles. The van der Waals surface area contributed by atoms with Crippen LogP contribution < -0.4 is 20.1 Å². The van der Waals surface area contributed by atoms with Crippen LogP contribution in [0.4, 0.5) is 11.4 Å². The zero-order valence-electron chi connectivity index (χ0n) is 14.0.